The van der Waals surface area contributed by atoms with Gasteiger partial charge in [0.25, 0.3) is 11.8 Å². The predicted molar refractivity (Wildman–Crippen MR) is 148 cm³/mol. The smallest absolute Gasteiger partial charge is 0.282 e. The summed E-state index contributed by atoms with van der Waals surface area (Å²) < 4.78 is 55.4. The zero-order valence-electron chi connectivity index (χ0n) is 22.4. The van der Waals surface area contributed by atoms with Crippen molar-refractivity contribution in [3.05, 3.63) is 35.4 Å². The van der Waals surface area contributed by atoms with E-state index in [9.17, 15) is 22.0 Å². The Kier molecular flexibility index (Phi) is 6.66. The molecule has 2 aromatic rings. The summed E-state index contributed by atoms with van der Waals surface area (Å²) in [5, 5.41) is 11.9. The number of carbonyl (C=O) groups excluding carboxylic acids is 1. The molecule has 0 atom stereocenters. The van der Waals surface area contributed by atoms with Crippen LogP contribution in [0, 0.1) is 5.41 Å². The van der Waals surface area contributed by atoms with E-state index in [2.05, 4.69) is 19.9 Å². The van der Waals surface area contributed by atoms with Crippen LogP contribution in [0.1, 0.15) is 41.6 Å². The van der Waals surface area contributed by atoms with Gasteiger partial charge < -0.3 is 25.1 Å². The topological polar surface area (TPSA) is 118 Å². The number of sulfonamides is 1. The van der Waals surface area contributed by atoms with E-state index in [1.54, 1.807) is 6.07 Å². The van der Waals surface area contributed by atoms with Crippen molar-refractivity contribution < 1.29 is 27.1 Å². The van der Waals surface area contributed by atoms with Gasteiger partial charge in [0.1, 0.15) is 5.82 Å². The lowest BCUT2D eigenvalue weighted by Gasteiger charge is -2.41. The molecular formula is C27H34F2N6O4S. The number of nitrogens with one attached hydrogen (secondary N) is 2. The lowest BCUT2D eigenvalue weighted by Crippen LogP contribution is -2.57. The standard InChI is InChI=1S/C27H34F2N6O4S/c1-33-10-4-18-14-22(31-24(23(18)33)35-16-27(28,29)17-35)32-25(37)20-3-2-19(40(38,39)30-9-13-36)15-21(20)34-11-7-26(5-6-26)8-12-34/h2-3,14-15,30,36H,4-13,16-17H2,1H3,(H,31,32,37). The second-order valence-corrected chi connectivity index (χ2v) is 13.2. The van der Waals surface area contributed by atoms with Crippen LogP contribution in [-0.2, 0) is 16.4 Å². The molecule has 0 unspecified atom stereocenters. The highest BCUT2D eigenvalue weighted by Gasteiger charge is 2.46. The highest BCUT2D eigenvalue weighted by Crippen LogP contribution is 2.54. The third kappa shape index (κ3) is 5.10. The molecule has 3 N–H and O–H groups in total. The van der Waals surface area contributed by atoms with Crippen LogP contribution in [0.25, 0.3) is 0 Å². The van der Waals surface area contributed by atoms with Crippen molar-refractivity contribution in [3.63, 3.8) is 0 Å². The van der Waals surface area contributed by atoms with E-state index in [1.807, 2.05) is 11.9 Å². The molecule has 4 heterocycles. The summed E-state index contributed by atoms with van der Waals surface area (Å²) in [5.41, 5.74) is 2.95. The van der Waals surface area contributed by atoms with Gasteiger partial charge >= 0.3 is 0 Å². The number of pyridine rings is 1. The zero-order valence-corrected chi connectivity index (χ0v) is 23.2. The SMILES string of the molecule is CN1CCc2cc(NC(=O)c3ccc(S(=O)(=O)NCCO)cc3N3CCC4(CC3)CC4)nc(N3CC(F)(F)C3)c21. The van der Waals surface area contributed by atoms with Gasteiger partial charge in [-0.25, -0.2) is 26.9 Å². The number of likely N-dealkylation sites (N-methyl/N-ethyl adjacent to an activating group) is 1. The first kappa shape index (κ1) is 27.2. The monoisotopic (exact) mass is 576 g/mol. The summed E-state index contributed by atoms with van der Waals surface area (Å²) >= 11 is 0. The van der Waals surface area contributed by atoms with E-state index in [0.717, 1.165) is 30.6 Å². The predicted octanol–water partition coefficient (Wildman–Crippen LogP) is 2.43. The largest absolute Gasteiger partial charge is 0.395 e. The fraction of sp³-hybridized carbons (Fsp3) is 0.556. The molecule has 1 aliphatic carbocycles. The van der Waals surface area contributed by atoms with Crippen molar-refractivity contribution in [1.29, 1.82) is 0 Å². The van der Waals surface area contributed by atoms with Crippen LogP contribution in [0.15, 0.2) is 29.2 Å². The van der Waals surface area contributed by atoms with Gasteiger partial charge in [0, 0.05) is 33.2 Å². The zero-order chi connectivity index (χ0) is 28.3. The lowest BCUT2D eigenvalue weighted by molar-refractivity contribution is -0.0266. The molecular weight excluding hydrogens is 542 g/mol. The maximum Gasteiger partial charge on any atom is 0.282 e. The van der Waals surface area contributed by atoms with Crippen LogP contribution in [-0.4, -0.2) is 83.3 Å². The summed E-state index contributed by atoms with van der Waals surface area (Å²) in [6.45, 7) is 0.872. The maximum atomic E-state index is 13.7. The van der Waals surface area contributed by atoms with E-state index in [1.165, 1.54) is 35.9 Å². The van der Waals surface area contributed by atoms with Crippen LogP contribution >= 0.6 is 0 Å². The molecule has 1 aromatic carbocycles. The summed E-state index contributed by atoms with van der Waals surface area (Å²) in [5.74, 6) is -2.51. The van der Waals surface area contributed by atoms with Crippen LogP contribution in [0.3, 0.4) is 0 Å². The van der Waals surface area contributed by atoms with E-state index in [0.29, 0.717) is 42.0 Å². The molecule has 2 saturated heterocycles. The summed E-state index contributed by atoms with van der Waals surface area (Å²) in [7, 11) is -1.98. The fourth-order valence-electron chi connectivity index (χ4n) is 6.01. The average Bonchev–Trinajstić information content (AvgIpc) is 3.56. The molecule has 0 radical (unpaired) electrons. The number of carbonyl (C=O) groups is 1. The van der Waals surface area contributed by atoms with Crippen molar-refractivity contribution in [2.45, 2.75) is 42.9 Å². The molecule has 1 saturated carbocycles. The highest BCUT2D eigenvalue weighted by molar-refractivity contribution is 7.89. The number of alkyl halides is 2. The Balaban J connectivity index is 1.31. The maximum absolute atomic E-state index is 13.7. The van der Waals surface area contributed by atoms with Gasteiger partial charge in [-0.05, 0) is 67.3 Å². The first-order chi connectivity index (χ1) is 19.0. The quantitative estimate of drug-likeness (QED) is 0.439. The van der Waals surface area contributed by atoms with Gasteiger partial charge in [-0.1, -0.05) is 0 Å². The number of halogens is 2. The number of hydrogen-bond donors (Lipinski definition) is 3. The second kappa shape index (κ2) is 9.81. The van der Waals surface area contributed by atoms with Gasteiger partial charge in [0.2, 0.25) is 10.0 Å². The number of hydrogen-bond acceptors (Lipinski definition) is 8. The van der Waals surface area contributed by atoms with Crippen molar-refractivity contribution in [2.24, 2.45) is 5.41 Å². The molecule has 216 valence electrons. The number of aromatic nitrogens is 1. The molecule has 3 aliphatic heterocycles. The number of rotatable bonds is 8. The average molecular weight is 577 g/mol. The Labute approximate surface area is 232 Å². The van der Waals surface area contributed by atoms with Gasteiger partial charge in [0.15, 0.2) is 5.82 Å². The number of fused-ring (bicyclic) bond motifs is 1. The highest BCUT2D eigenvalue weighted by atomic mass is 32.2. The number of piperidine rings is 1. The van der Waals surface area contributed by atoms with Crippen LogP contribution in [0.4, 0.5) is 31.8 Å². The number of anilines is 4. The van der Waals surface area contributed by atoms with Gasteiger partial charge in [0.05, 0.1) is 41.5 Å². The summed E-state index contributed by atoms with van der Waals surface area (Å²) in [6.07, 6.45) is 5.09. The van der Waals surface area contributed by atoms with Gasteiger partial charge in [-0.2, -0.15) is 0 Å². The lowest BCUT2D eigenvalue weighted by atomic mass is 9.93. The molecule has 13 heteroatoms. The third-order valence-corrected chi connectivity index (χ3v) is 10.0. The normalized spacial score (nSPS) is 20.9. The molecule has 1 aromatic heterocycles. The van der Waals surface area contributed by atoms with Crippen LogP contribution < -0.4 is 24.7 Å². The Morgan fingerprint density at radius 1 is 1.07 bits per heavy atom. The molecule has 1 amide bonds. The number of amides is 1. The number of benzene rings is 1. The Hall–Kier alpha value is -3.03. The molecule has 0 bridgehead atoms. The van der Waals surface area contributed by atoms with Crippen molar-refractivity contribution in [3.8, 4) is 0 Å². The Morgan fingerprint density at radius 2 is 1.80 bits per heavy atom. The fourth-order valence-corrected chi connectivity index (χ4v) is 7.05. The number of aliphatic hydroxyl groups excluding tert-OH is 1. The molecule has 6 rings (SSSR count). The number of nitrogens with zero attached hydrogens (tertiary/aromatic N) is 4. The van der Waals surface area contributed by atoms with Crippen LogP contribution in [0.2, 0.25) is 0 Å². The number of aliphatic hydroxyl groups is 1. The van der Waals surface area contributed by atoms with Crippen LogP contribution in [0.5, 0.6) is 0 Å². The van der Waals surface area contributed by atoms with Crippen molar-refractivity contribution >= 4 is 38.9 Å². The van der Waals surface area contributed by atoms with Crippen molar-refractivity contribution in [1.82, 2.24) is 9.71 Å². The van der Waals surface area contributed by atoms with Crippen molar-refractivity contribution in [2.75, 3.05) is 72.9 Å². The molecule has 1 spiro atoms. The molecule has 4 aliphatic rings. The first-order valence-electron chi connectivity index (χ1n) is 13.7. The van der Waals surface area contributed by atoms with Gasteiger partial charge in [-0.3, -0.25) is 4.79 Å². The molecule has 3 fully saturated rings. The van der Waals surface area contributed by atoms with E-state index >= 15 is 0 Å². The third-order valence-electron chi connectivity index (χ3n) is 8.59. The first-order valence-corrected chi connectivity index (χ1v) is 15.2. The van der Waals surface area contributed by atoms with E-state index in [4.69, 9.17) is 5.11 Å². The second-order valence-electron chi connectivity index (χ2n) is 11.5. The summed E-state index contributed by atoms with van der Waals surface area (Å²) in [6, 6.07) is 6.17. The van der Waals surface area contributed by atoms with E-state index in [-0.39, 0.29) is 23.9 Å². The van der Waals surface area contributed by atoms with Gasteiger partial charge in [-0.15, -0.1) is 0 Å². The Morgan fingerprint density at radius 3 is 2.45 bits per heavy atom. The summed E-state index contributed by atoms with van der Waals surface area (Å²) in [4.78, 5) is 23.8. The Bertz CT molecular complexity index is 1430. The minimum Gasteiger partial charge on any atom is -0.395 e. The molecule has 40 heavy (non-hydrogen) atoms. The van der Waals surface area contributed by atoms with E-state index < -0.39 is 34.9 Å². The minimum absolute atomic E-state index is 0.0129. The molecule has 10 nitrogen and oxygen atoms in total. The minimum atomic E-state index is -3.88.